The van der Waals surface area contributed by atoms with Gasteiger partial charge in [0.15, 0.2) is 5.25 Å². The van der Waals surface area contributed by atoms with Gasteiger partial charge in [0.1, 0.15) is 0 Å². The highest BCUT2D eigenvalue weighted by atomic mass is 32.2. The van der Waals surface area contributed by atoms with Crippen LogP contribution in [-0.2, 0) is 20.2 Å². The van der Waals surface area contributed by atoms with Gasteiger partial charge in [-0.3, -0.25) is 9.11 Å². The predicted octanol–water partition coefficient (Wildman–Crippen LogP) is -1.82. The van der Waals surface area contributed by atoms with Gasteiger partial charge in [-0.25, -0.2) is 0 Å². The standard InChI is InChI=1S/C4H10O8S2/c1-2-3(13(7,8)9)4(5,6)14(10,11)12/h3,5-6H,2H2,1H3,(H,7,8,9)(H,10,11,12). The lowest BCUT2D eigenvalue weighted by molar-refractivity contribution is -0.0940. The third-order valence-corrected chi connectivity index (χ3v) is 4.10. The van der Waals surface area contributed by atoms with Gasteiger partial charge in [-0.15, -0.1) is 0 Å². The van der Waals surface area contributed by atoms with Crippen LogP contribution in [0.2, 0.25) is 0 Å². The summed E-state index contributed by atoms with van der Waals surface area (Å²) in [6.45, 7) is 1.09. The van der Waals surface area contributed by atoms with Crippen molar-refractivity contribution in [3.8, 4) is 0 Å². The Hall–Kier alpha value is -0.260. The van der Waals surface area contributed by atoms with Crippen LogP contribution in [0.15, 0.2) is 0 Å². The Morgan fingerprint density at radius 2 is 1.50 bits per heavy atom. The molecule has 0 rings (SSSR count). The van der Waals surface area contributed by atoms with Crippen molar-refractivity contribution in [2.45, 2.75) is 23.7 Å². The third kappa shape index (κ3) is 2.62. The van der Waals surface area contributed by atoms with Crippen molar-refractivity contribution in [2.24, 2.45) is 0 Å². The molecule has 0 radical (unpaired) electrons. The predicted molar refractivity (Wildman–Crippen MR) is 44.3 cm³/mol. The molecule has 0 saturated heterocycles. The van der Waals surface area contributed by atoms with E-state index in [0.29, 0.717) is 0 Å². The van der Waals surface area contributed by atoms with E-state index in [-0.39, 0.29) is 0 Å². The van der Waals surface area contributed by atoms with Crippen molar-refractivity contribution >= 4 is 20.2 Å². The summed E-state index contributed by atoms with van der Waals surface area (Å²) < 4.78 is 58.6. The molecule has 14 heavy (non-hydrogen) atoms. The van der Waals surface area contributed by atoms with E-state index < -0.39 is 37.0 Å². The lowest BCUT2D eigenvalue weighted by Crippen LogP contribution is -2.52. The highest BCUT2D eigenvalue weighted by molar-refractivity contribution is 7.90. The van der Waals surface area contributed by atoms with Gasteiger partial charge in [0, 0.05) is 0 Å². The Morgan fingerprint density at radius 3 is 1.57 bits per heavy atom. The lowest BCUT2D eigenvalue weighted by Gasteiger charge is -2.24. The van der Waals surface area contributed by atoms with Crippen LogP contribution in [0.3, 0.4) is 0 Å². The van der Waals surface area contributed by atoms with E-state index in [0.717, 1.165) is 6.92 Å². The van der Waals surface area contributed by atoms with Crippen LogP contribution in [0, 0.1) is 0 Å². The summed E-state index contributed by atoms with van der Waals surface area (Å²) >= 11 is 0. The number of aliphatic hydroxyl groups is 2. The van der Waals surface area contributed by atoms with Crippen molar-refractivity contribution in [2.75, 3.05) is 0 Å². The second kappa shape index (κ2) is 3.72. The average molecular weight is 250 g/mol. The molecule has 0 aromatic heterocycles. The Morgan fingerprint density at radius 1 is 1.14 bits per heavy atom. The first-order valence-electron chi connectivity index (χ1n) is 3.32. The normalized spacial score (nSPS) is 16.6. The monoisotopic (exact) mass is 250 g/mol. The number of hydrogen-bond donors (Lipinski definition) is 4. The molecule has 0 fully saturated rings. The van der Waals surface area contributed by atoms with Crippen molar-refractivity contribution in [1.29, 1.82) is 0 Å². The van der Waals surface area contributed by atoms with Gasteiger partial charge >= 0.3 is 15.2 Å². The second-order valence-corrected chi connectivity index (χ2v) is 5.70. The van der Waals surface area contributed by atoms with E-state index in [4.69, 9.17) is 19.3 Å². The van der Waals surface area contributed by atoms with Crippen LogP contribution in [0.4, 0.5) is 0 Å². The van der Waals surface area contributed by atoms with Crippen LogP contribution in [-0.4, -0.2) is 46.5 Å². The Bertz CT molecular complexity index is 389. The van der Waals surface area contributed by atoms with E-state index in [1.165, 1.54) is 0 Å². The smallest absolute Gasteiger partial charge is 0.323 e. The van der Waals surface area contributed by atoms with Gasteiger partial charge in [0.25, 0.3) is 10.1 Å². The minimum Gasteiger partial charge on any atom is -0.351 e. The molecule has 0 aliphatic heterocycles. The lowest BCUT2D eigenvalue weighted by atomic mass is 10.3. The molecule has 0 amide bonds. The van der Waals surface area contributed by atoms with E-state index in [1.807, 2.05) is 0 Å². The van der Waals surface area contributed by atoms with Crippen LogP contribution in [0.5, 0.6) is 0 Å². The zero-order chi connectivity index (χ0) is 11.8. The summed E-state index contributed by atoms with van der Waals surface area (Å²) in [5, 5.41) is 11.3. The molecule has 0 aliphatic carbocycles. The van der Waals surface area contributed by atoms with Gasteiger partial charge in [0.2, 0.25) is 0 Å². The molecule has 0 saturated carbocycles. The van der Waals surface area contributed by atoms with Crippen LogP contribution in [0.1, 0.15) is 13.3 Å². The van der Waals surface area contributed by atoms with Crippen molar-refractivity contribution < 1.29 is 36.2 Å². The fraction of sp³-hybridized carbons (Fsp3) is 1.00. The van der Waals surface area contributed by atoms with Crippen LogP contribution >= 0.6 is 0 Å². The van der Waals surface area contributed by atoms with Crippen LogP contribution in [0.25, 0.3) is 0 Å². The molecular weight excluding hydrogens is 240 g/mol. The molecule has 0 aromatic rings. The molecule has 1 atom stereocenters. The largest absolute Gasteiger partial charge is 0.351 e. The molecule has 0 spiro atoms. The molecule has 0 heterocycles. The SMILES string of the molecule is CCC(C(O)(O)S(=O)(=O)O)S(=O)(=O)O. The molecule has 4 N–H and O–H groups in total. The quantitative estimate of drug-likeness (QED) is 0.336. The van der Waals surface area contributed by atoms with Crippen LogP contribution < -0.4 is 0 Å². The summed E-state index contributed by atoms with van der Waals surface area (Å²) in [5.74, 6) is 0. The molecule has 1 unspecified atom stereocenters. The van der Waals surface area contributed by atoms with Gasteiger partial charge in [-0.05, 0) is 6.42 Å². The first kappa shape index (κ1) is 13.7. The summed E-state index contributed by atoms with van der Waals surface area (Å²) in [6.07, 6.45) is -0.606. The van der Waals surface area contributed by atoms with Gasteiger partial charge in [-0.2, -0.15) is 16.8 Å². The third-order valence-electron chi connectivity index (χ3n) is 1.53. The molecule has 0 aromatic carbocycles. The zero-order valence-corrected chi connectivity index (χ0v) is 8.66. The fourth-order valence-corrected chi connectivity index (χ4v) is 2.87. The minimum atomic E-state index is -5.42. The zero-order valence-electron chi connectivity index (χ0n) is 7.02. The van der Waals surface area contributed by atoms with Gasteiger partial charge < -0.3 is 10.2 Å². The van der Waals surface area contributed by atoms with Gasteiger partial charge in [0.05, 0.1) is 0 Å². The first-order valence-corrected chi connectivity index (χ1v) is 6.27. The summed E-state index contributed by atoms with van der Waals surface area (Å²) in [7, 11) is -10.4. The van der Waals surface area contributed by atoms with Gasteiger partial charge in [-0.1, -0.05) is 6.92 Å². The molecule has 8 nitrogen and oxygen atoms in total. The topological polar surface area (TPSA) is 149 Å². The van der Waals surface area contributed by atoms with E-state index in [1.54, 1.807) is 0 Å². The maximum absolute atomic E-state index is 10.5. The second-order valence-electron chi connectivity index (χ2n) is 2.55. The fourth-order valence-electron chi connectivity index (χ4n) is 0.837. The first-order chi connectivity index (χ1) is 5.94. The maximum Gasteiger partial charge on any atom is 0.323 e. The summed E-state index contributed by atoms with van der Waals surface area (Å²) in [4.78, 5) is 0. The van der Waals surface area contributed by atoms with E-state index in [9.17, 15) is 16.8 Å². The van der Waals surface area contributed by atoms with Crippen molar-refractivity contribution in [1.82, 2.24) is 0 Å². The Balaban J connectivity index is 5.49. The molecule has 0 aliphatic rings. The molecule has 10 heteroatoms. The van der Waals surface area contributed by atoms with Crippen molar-refractivity contribution in [3.63, 3.8) is 0 Å². The number of hydrogen-bond acceptors (Lipinski definition) is 6. The Kier molecular flexibility index (Phi) is 3.65. The maximum atomic E-state index is 10.5. The summed E-state index contributed by atoms with van der Waals surface area (Å²) in [6, 6.07) is 0. The van der Waals surface area contributed by atoms with E-state index >= 15 is 0 Å². The summed E-state index contributed by atoms with van der Waals surface area (Å²) in [5.41, 5.74) is 0. The Labute approximate surface area is 80.7 Å². The number of rotatable bonds is 4. The van der Waals surface area contributed by atoms with E-state index in [2.05, 4.69) is 0 Å². The molecule has 0 bridgehead atoms. The average Bonchev–Trinajstić information content (AvgIpc) is 1.80. The highest BCUT2D eigenvalue weighted by Gasteiger charge is 2.52. The molecule has 86 valence electrons. The minimum absolute atomic E-state index is 0.606. The highest BCUT2D eigenvalue weighted by Crippen LogP contribution is 2.22. The van der Waals surface area contributed by atoms with Crippen molar-refractivity contribution in [3.05, 3.63) is 0 Å². The molecular formula is C4H10O8S2.